The average Bonchev–Trinajstić information content (AvgIpc) is 2.96. The second-order valence-electron chi connectivity index (χ2n) is 4.55. The molecule has 0 unspecified atom stereocenters. The lowest BCUT2D eigenvalue weighted by molar-refractivity contribution is 0.241. The molecule has 1 N–H and O–H groups in total. The molecule has 3 rings (SSSR count). The molecular weight excluding hydrogens is 315 g/mol. The number of rotatable bonds is 4. The Morgan fingerprint density at radius 2 is 2.10 bits per heavy atom. The monoisotopic (exact) mass is 332 g/mol. The molecule has 0 aliphatic carbocycles. The third-order valence-corrected chi connectivity index (χ3v) is 3.18. The van der Waals surface area contributed by atoms with Gasteiger partial charge in [0.2, 0.25) is 0 Å². The molecule has 0 spiro atoms. The summed E-state index contributed by atoms with van der Waals surface area (Å²) in [6.07, 6.45) is 5.48. The van der Waals surface area contributed by atoms with Gasteiger partial charge in [-0.25, -0.2) is 0 Å². The predicted octanol–water partition coefficient (Wildman–Crippen LogP) is 2.35. The number of piperidine rings is 1. The fraction of sp³-hybridized carbons (Fsp3) is 0.462. The molecule has 2 aromatic rings. The van der Waals surface area contributed by atoms with E-state index in [1.54, 1.807) is 12.4 Å². The van der Waals surface area contributed by atoms with E-state index in [2.05, 4.69) is 20.4 Å². The lowest BCUT2D eigenvalue weighted by Crippen LogP contribution is -2.27. The minimum Gasteiger partial charge on any atom is -0.482 e. The van der Waals surface area contributed by atoms with E-state index in [1.807, 2.05) is 12.1 Å². The van der Waals surface area contributed by atoms with Gasteiger partial charge >= 0.3 is 0 Å². The fourth-order valence-corrected chi connectivity index (χ4v) is 2.15. The van der Waals surface area contributed by atoms with Crippen molar-refractivity contribution in [1.29, 1.82) is 0 Å². The van der Waals surface area contributed by atoms with E-state index in [1.165, 1.54) is 0 Å². The molecule has 0 bridgehead atoms. The lowest BCUT2D eigenvalue weighted by Gasteiger charge is -2.18. The summed E-state index contributed by atoms with van der Waals surface area (Å²) in [4.78, 5) is 8.38. The predicted molar refractivity (Wildman–Crippen MR) is 82.2 cm³/mol. The summed E-state index contributed by atoms with van der Waals surface area (Å²) in [7, 11) is 0. The summed E-state index contributed by atoms with van der Waals surface area (Å²) in [6, 6.07) is 3.67. The van der Waals surface area contributed by atoms with Crippen LogP contribution in [0.4, 0.5) is 0 Å². The zero-order valence-electron chi connectivity index (χ0n) is 11.4. The molecule has 0 aromatic carbocycles. The Labute approximate surface area is 135 Å². The molecule has 0 saturated carbocycles. The van der Waals surface area contributed by atoms with Gasteiger partial charge in [-0.3, -0.25) is 4.98 Å². The molecule has 0 atom stereocenters. The average molecular weight is 333 g/mol. The first-order valence-corrected chi connectivity index (χ1v) is 6.48. The third kappa shape index (κ3) is 4.84. The highest BCUT2D eigenvalue weighted by atomic mass is 35.5. The highest BCUT2D eigenvalue weighted by molar-refractivity contribution is 5.85. The van der Waals surface area contributed by atoms with E-state index in [4.69, 9.17) is 9.26 Å². The van der Waals surface area contributed by atoms with Gasteiger partial charge in [-0.2, -0.15) is 4.98 Å². The van der Waals surface area contributed by atoms with Gasteiger partial charge in [0.25, 0.3) is 5.89 Å². The van der Waals surface area contributed by atoms with Gasteiger partial charge in [-0.15, -0.1) is 24.8 Å². The number of nitrogens with zero attached hydrogens (tertiary/aromatic N) is 3. The van der Waals surface area contributed by atoms with Crippen LogP contribution in [0.25, 0.3) is 0 Å². The van der Waals surface area contributed by atoms with Gasteiger partial charge in [0.05, 0.1) is 6.20 Å². The van der Waals surface area contributed by atoms with Crippen molar-refractivity contribution >= 4 is 24.8 Å². The van der Waals surface area contributed by atoms with Gasteiger partial charge in [0, 0.05) is 12.1 Å². The highest BCUT2D eigenvalue weighted by Crippen LogP contribution is 2.22. The van der Waals surface area contributed by atoms with Crippen molar-refractivity contribution in [3.8, 4) is 5.75 Å². The van der Waals surface area contributed by atoms with Gasteiger partial charge in [-0.05, 0) is 38.1 Å². The Morgan fingerprint density at radius 1 is 1.29 bits per heavy atom. The highest BCUT2D eigenvalue weighted by Gasteiger charge is 2.20. The molecule has 0 amide bonds. The van der Waals surface area contributed by atoms with E-state index in [0.717, 1.165) is 31.8 Å². The molecule has 8 heteroatoms. The fourth-order valence-electron chi connectivity index (χ4n) is 2.15. The van der Waals surface area contributed by atoms with Crippen LogP contribution in [-0.4, -0.2) is 28.2 Å². The maximum atomic E-state index is 5.52. The van der Waals surface area contributed by atoms with Crippen molar-refractivity contribution in [3.63, 3.8) is 0 Å². The van der Waals surface area contributed by atoms with Crippen molar-refractivity contribution in [1.82, 2.24) is 20.4 Å². The largest absolute Gasteiger partial charge is 0.482 e. The van der Waals surface area contributed by atoms with Crippen molar-refractivity contribution in [3.05, 3.63) is 36.2 Å². The number of hydrogen-bond acceptors (Lipinski definition) is 6. The van der Waals surface area contributed by atoms with Crippen molar-refractivity contribution < 1.29 is 9.26 Å². The van der Waals surface area contributed by atoms with Gasteiger partial charge in [0.15, 0.2) is 12.4 Å². The van der Waals surface area contributed by atoms with Crippen LogP contribution in [0.2, 0.25) is 0 Å². The molecule has 3 heterocycles. The summed E-state index contributed by atoms with van der Waals surface area (Å²) in [5.41, 5.74) is 0. The maximum absolute atomic E-state index is 5.52. The molecular formula is C13H18Cl2N4O2. The SMILES string of the molecule is Cl.Cl.c1cncc(OCc2nc(C3CCNCC3)no2)c1. The molecule has 1 saturated heterocycles. The Kier molecular flexibility index (Phi) is 7.42. The third-order valence-electron chi connectivity index (χ3n) is 3.18. The van der Waals surface area contributed by atoms with Crippen molar-refractivity contribution in [2.75, 3.05) is 13.1 Å². The first-order chi connectivity index (χ1) is 9.42. The molecule has 1 aliphatic rings. The Morgan fingerprint density at radius 3 is 2.81 bits per heavy atom. The van der Waals surface area contributed by atoms with Crippen LogP contribution in [0.3, 0.4) is 0 Å². The molecule has 0 radical (unpaired) electrons. The van der Waals surface area contributed by atoms with Crippen LogP contribution in [-0.2, 0) is 6.61 Å². The van der Waals surface area contributed by atoms with E-state index in [0.29, 0.717) is 17.6 Å². The van der Waals surface area contributed by atoms with E-state index in [-0.39, 0.29) is 31.4 Å². The topological polar surface area (TPSA) is 73.1 Å². The smallest absolute Gasteiger partial charge is 0.264 e. The lowest BCUT2D eigenvalue weighted by atomic mass is 9.98. The van der Waals surface area contributed by atoms with E-state index >= 15 is 0 Å². The Balaban J connectivity index is 0.00000110. The summed E-state index contributed by atoms with van der Waals surface area (Å²) >= 11 is 0. The van der Waals surface area contributed by atoms with Gasteiger partial charge < -0.3 is 14.6 Å². The number of ether oxygens (including phenoxy) is 1. The van der Waals surface area contributed by atoms with Crippen LogP contribution in [0.1, 0.15) is 30.5 Å². The zero-order chi connectivity index (χ0) is 12.9. The normalized spacial score (nSPS) is 14.9. The molecule has 1 fully saturated rings. The van der Waals surface area contributed by atoms with Gasteiger partial charge in [-0.1, -0.05) is 5.16 Å². The second-order valence-corrected chi connectivity index (χ2v) is 4.55. The summed E-state index contributed by atoms with van der Waals surface area (Å²) < 4.78 is 10.7. The Bertz CT molecular complexity index is 518. The van der Waals surface area contributed by atoms with E-state index in [9.17, 15) is 0 Å². The van der Waals surface area contributed by atoms with Crippen LogP contribution in [0.15, 0.2) is 29.0 Å². The van der Waals surface area contributed by atoms with Crippen LogP contribution in [0.5, 0.6) is 5.75 Å². The summed E-state index contributed by atoms with van der Waals surface area (Å²) in [6.45, 7) is 2.31. The number of hydrogen-bond donors (Lipinski definition) is 1. The van der Waals surface area contributed by atoms with Crippen LogP contribution < -0.4 is 10.1 Å². The molecule has 116 valence electrons. The second kappa shape index (κ2) is 8.81. The van der Waals surface area contributed by atoms with Crippen LogP contribution in [0, 0.1) is 0 Å². The molecule has 2 aromatic heterocycles. The molecule has 6 nitrogen and oxygen atoms in total. The number of aromatic nitrogens is 3. The van der Waals surface area contributed by atoms with Gasteiger partial charge in [0.1, 0.15) is 5.75 Å². The number of nitrogens with one attached hydrogen (secondary N) is 1. The van der Waals surface area contributed by atoms with Crippen molar-refractivity contribution in [2.24, 2.45) is 0 Å². The van der Waals surface area contributed by atoms with Crippen LogP contribution >= 0.6 is 24.8 Å². The number of pyridine rings is 1. The van der Waals surface area contributed by atoms with E-state index < -0.39 is 0 Å². The first-order valence-electron chi connectivity index (χ1n) is 6.48. The molecule has 21 heavy (non-hydrogen) atoms. The minimum absolute atomic E-state index is 0. The zero-order valence-corrected chi connectivity index (χ0v) is 13.0. The first kappa shape index (κ1) is 17.7. The summed E-state index contributed by atoms with van der Waals surface area (Å²) in [5, 5.41) is 7.36. The Hall–Kier alpha value is -1.37. The molecule has 1 aliphatic heterocycles. The summed E-state index contributed by atoms with van der Waals surface area (Å²) in [5.74, 6) is 2.41. The number of halogens is 2. The maximum Gasteiger partial charge on any atom is 0.264 e. The quantitative estimate of drug-likeness (QED) is 0.926. The standard InChI is InChI=1S/C13H16N4O2.2ClH/c1-2-11(8-15-5-1)18-9-12-16-13(17-19-12)10-3-6-14-7-4-10;;/h1-2,5,8,10,14H,3-4,6-7,9H2;2*1H. The minimum atomic E-state index is 0. The van der Waals surface area contributed by atoms with Crippen molar-refractivity contribution in [2.45, 2.75) is 25.4 Å².